The van der Waals surface area contributed by atoms with Crippen LogP contribution in [0.4, 0.5) is 11.6 Å². The van der Waals surface area contributed by atoms with Crippen LogP contribution in [-0.4, -0.2) is 73.4 Å². The lowest BCUT2D eigenvalue weighted by Crippen LogP contribution is -2.49. The summed E-state index contributed by atoms with van der Waals surface area (Å²) in [5.41, 5.74) is 0.573. The van der Waals surface area contributed by atoms with Gasteiger partial charge < -0.3 is 19.4 Å². The van der Waals surface area contributed by atoms with Crippen LogP contribution in [0.15, 0.2) is 30.5 Å². The maximum absolute atomic E-state index is 12.6. The lowest BCUT2D eigenvalue weighted by molar-refractivity contribution is 0.0746. The highest BCUT2D eigenvalue weighted by Crippen LogP contribution is 2.17. The largest absolute Gasteiger partial charge is 0.481 e. The zero-order valence-corrected chi connectivity index (χ0v) is 14.7. The van der Waals surface area contributed by atoms with Gasteiger partial charge in [0.05, 0.1) is 12.7 Å². The van der Waals surface area contributed by atoms with Crippen LogP contribution in [0, 0.1) is 0 Å². The van der Waals surface area contributed by atoms with E-state index in [1.165, 1.54) is 0 Å². The minimum Gasteiger partial charge on any atom is -0.481 e. The van der Waals surface area contributed by atoms with Gasteiger partial charge in [0.25, 0.3) is 5.91 Å². The third kappa shape index (κ3) is 3.78. The van der Waals surface area contributed by atoms with Crippen LogP contribution in [0.3, 0.4) is 0 Å². The summed E-state index contributed by atoms with van der Waals surface area (Å²) in [4.78, 5) is 22.5. The summed E-state index contributed by atoms with van der Waals surface area (Å²) < 4.78 is 5.02. The molecular formula is C17H22N6O2. The predicted molar refractivity (Wildman–Crippen MR) is 95.3 cm³/mol. The molecule has 25 heavy (non-hydrogen) atoms. The monoisotopic (exact) mass is 342 g/mol. The number of piperazine rings is 1. The van der Waals surface area contributed by atoms with E-state index >= 15 is 0 Å². The Balaban J connectivity index is 1.60. The second-order valence-electron chi connectivity index (χ2n) is 6.01. The van der Waals surface area contributed by atoms with E-state index in [1.807, 2.05) is 36.0 Å². The SMILES string of the molecule is COc1ccc(C(=O)N2CCN(c3ccc(N(C)C)nn3)CC2)cn1. The fraction of sp³-hybridized carbons (Fsp3) is 0.412. The number of pyridine rings is 1. The van der Waals surface area contributed by atoms with Gasteiger partial charge in [0.15, 0.2) is 11.6 Å². The van der Waals surface area contributed by atoms with Crippen molar-refractivity contribution in [2.45, 2.75) is 0 Å². The van der Waals surface area contributed by atoms with E-state index in [-0.39, 0.29) is 5.91 Å². The molecule has 0 saturated carbocycles. The number of anilines is 2. The number of methoxy groups -OCH3 is 1. The zero-order valence-electron chi connectivity index (χ0n) is 14.7. The highest BCUT2D eigenvalue weighted by Gasteiger charge is 2.23. The Bertz CT molecular complexity index is 709. The van der Waals surface area contributed by atoms with E-state index in [2.05, 4.69) is 20.1 Å². The van der Waals surface area contributed by atoms with E-state index in [0.29, 0.717) is 24.5 Å². The van der Waals surface area contributed by atoms with Crippen LogP contribution in [0.2, 0.25) is 0 Å². The fourth-order valence-electron chi connectivity index (χ4n) is 2.67. The van der Waals surface area contributed by atoms with Crippen LogP contribution < -0.4 is 14.5 Å². The first-order chi connectivity index (χ1) is 12.1. The Morgan fingerprint density at radius 3 is 2.36 bits per heavy atom. The summed E-state index contributed by atoms with van der Waals surface area (Å²) in [7, 11) is 5.42. The number of aromatic nitrogens is 3. The number of amides is 1. The lowest BCUT2D eigenvalue weighted by atomic mass is 10.2. The standard InChI is InChI=1S/C17H22N6O2/c1-21(2)14-5-6-15(20-19-14)22-8-10-23(11-9-22)17(24)13-4-7-16(25-3)18-12-13/h4-7,12H,8-11H2,1-3H3. The van der Waals surface area contributed by atoms with E-state index in [9.17, 15) is 4.79 Å². The maximum Gasteiger partial charge on any atom is 0.255 e. The molecule has 0 bridgehead atoms. The molecule has 3 rings (SSSR count). The van der Waals surface area contributed by atoms with Gasteiger partial charge in [0.1, 0.15) is 0 Å². The zero-order chi connectivity index (χ0) is 17.8. The molecule has 0 aliphatic carbocycles. The van der Waals surface area contributed by atoms with Gasteiger partial charge in [-0.3, -0.25) is 4.79 Å². The van der Waals surface area contributed by atoms with E-state index in [1.54, 1.807) is 25.4 Å². The van der Waals surface area contributed by atoms with Crippen molar-refractivity contribution < 1.29 is 9.53 Å². The van der Waals surface area contributed by atoms with Gasteiger partial charge in [-0.05, 0) is 18.2 Å². The van der Waals surface area contributed by atoms with Gasteiger partial charge in [-0.15, -0.1) is 10.2 Å². The molecule has 1 amide bonds. The number of ether oxygens (including phenoxy) is 1. The van der Waals surface area contributed by atoms with Gasteiger partial charge >= 0.3 is 0 Å². The number of hydrogen-bond donors (Lipinski definition) is 0. The maximum atomic E-state index is 12.6. The highest BCUT2D eigenvalue weighted by molar-refractivity contribution is 5.94. The van der Waals surface area contributed by atoms with Crippen molar-refractivity contribution in [2.24, 2.45) is 0 Å². The molecule has 132 valence electrons. The molecule has 0 unspecified atom stereocenters. The van der Waals surface area contributed by atoms with Crippen LogP contribution in [0.5, 0.6) is 5.88 Å². The summed E-state index contributed by atoms with van der Waals surface area (Å²) in [6, 6.07) is 7.35. The van der Waals surface area contributed by atoms with Gasteiger partial charge in [0, 0.05) is 52.5 Å². The molecule has 0 radical (unpaired) electrons. The van der Waals surface area contributed by atoms with Gasteiger partial charge in [-0.1, -0.05) is 0 Å². The fourth-order valence-corrected chi connectivity index (χ4v) is 2.67. The van der Waals surface area contributed by atoms with Crippen molar-refractivity contribution in [1.29, 1.82) is 0 Å². The Labute approximate surface area is 147 Å². The summed E-state index contributed by atoms with van der Waals surface area (Å²) in [5.74, 6) is 2.15. The molecule has 0 atom stereocenters. The molecular weight excluding hydrogens is 320 g/mol. The van der Waals surface area contributed by atoms with Gasteiger partial charge in [0.2, 0.25) is 5.88 Å². The number of carbonyl (C=O) groups is 1. The van der Waals surface area contributed by atoms with Gasteiger partial charge in [-0.25, -0.2) is 4.98 Å². The average Bonchev–Trinajstić information content (AvgIpc) is 2.67. The Hall–Kier alpha value is -2.90. The Morgan fingerprint density at radius 2 is 1.84 bits per heavy atom. The molecule has 0 aromatic carbocycles. The predicted octanol–water partition coefficient (Wildman–Crippen LogP) is 0.909. The van der Waals surface area contributed by atoms with Crippen molar-refractivity contribution in [1.82, 2.24) is 20.1 Å². The molecule has 8 nitrogen and oxygen atoms in total. The molecule has 1 saturated heterocycles. The van der Waals surface area contributed by atoms with Crippen LogP contribution in [-0.2, 0) is 0 Å². The van der Waals surface area contributed by atoms with E-state index < -0.39 is 0 Å². The molecule has 2 aromatic rings. The summed E-state index contributed by atoms with van der Waals surface area (Å²) in [6.07, 6.45) is 1.55. The average molecular weight is 342 g/mol. The van der Waals surface area contributed by atoms with Gasteiger partial charge in [-0.2, -0.15) is 0 Å². The molecule has 1 aliphatic rings. The minimum atomic E-state index is -0.0103. The summed E-state index contributed by atoms with van der Waals surface area (Å²) >= 11 is 0. The van der Waals surface area contributed by atoms with Crippen molar-refractivity contribution in [3.8, 4) is 5.88 Å². The molecule has 3 heterocycles. The first-order valence-corrected chi connectivity index (χ1v) is 8.14. The normalized spacial score (nSPS) is 14.4. The van der Waals surface area contributed by atoms with Crippen molar-refractivity contribution in [3.05, 3.63) is 36.0 Å². The van der Waals surface area contributed by atoms with Crippen LogP contribution in [0.1, 0.15) is 10.4 Å². The molecule has 0 spiro atoms. The number of nitrogens with zero attached hydrogens (tertiary/aromatic N) is 6. The Kier molecular flexibility index (Phi) is 4.97. The second kappa shape index (κ2) is 7.33. The third-order valence-electron chi connectivity index (χ3n) is 4.18. The number of carbonyl (C=O) groups excluding carboxylic acids is 1. The first kappa shape index (κ1) is 16.9. The molecule has 0 N–H and O–H groups in total. The number of hydrogen-bond acceptors (Lipinski definition) is 7. The molecule has 1 fully saturated rings. The summed E-state index contributed by atoms with van der Waals surface area (Å²) in [5, 5.41) is 8.48. The Morgan fingerprint density at radius 1 is 1.08 bits per heavy atom. The van der Waals surface area contributed by atoms with Crippen molar-refractivity contribution in [2.75, 3.05) is 57.2 Å². The summed E-state index contributed by atoms with van der Waals surface area (Å²) in [6.45, 7) is 2.74. The topological polar surface area (TPSA) is 74.7 Å². The van der Waals surface area contributed by atoms with Crippen molar-refractivity contribution in [3.63, 3.8) is 0 Å². The quantitative estimate of drug-likeness (QED) is 0.817. The highest BCUT2D eigenvalue weighted by atomic mass is 16.5. The molecule has 8 heteroatoms. The first-order valence-electron chi connectivity index (χ1n) is 8.14. The lowest BCUT2D eigenvalue weighted by Gasteiger charge is -2.35. The number of rotatable bonds is 4. The smallest absolute Gasteiger partial charge is 0.255 e. The van der Waals surface area contributed by atoms with Crippen LogP contribution in [0.25, 0.3) is 0 Å². The molecule has 1 aliphatic heterocycles. The van der Waals surface area contributed by atoms with Crippen molar-refractivity contribution >= 4 is 17.5 Å². The van der Waals surface area contributed by atoms with E-state index in [0.717, 1.165) is 24.7 Å². The minimum absolute atomic E-state index is 0.0103. The molecule has 2 aromatic heterocycles. The van der Waals surface area contributed by atoms with E-state index in [4.69, 9.17) is 4.74 Å². The second-order valence-corrected chi connectivity index (χ2v) is 6.01. The van der Waals surface area contributed by atoms with Crippen LogP contribution >= 0.6 is 0 Å². The third-order valence-corrected chi connectivity index (χ3v) is 4.18.